The van der Waals surface area contributed by atoms with Crippen molar-refractivity contribution in [2.45, 2.75) is 0 Å². The third kappa shape index (κ3) is 4.79. The molecule has 0 fully saturated rings. The van der Waals surface area contributed by atoms with Crippen LogP contribution in [0.2, 0.25) is 0 Å². The van der Waals surface area contributed by atoms with Gasteiger partial charge in [-0.3, -0.25) is 0 Å². The van der Waals surface area contributed by atoms with Crippen LogP contribution in [0.4, 0.5) is 0 Å². The zero-order chi connectivity index (χ0) is 6.57. The van der Waals surface area contributed by atoms with Crippen molar-refractivity contribution in [2.24, 2.45) is 0 Å². The maximum absolute atomic E-state index is 5.34. The summed E-state index contributed by atoms with van der Waals surface area (Å²) in [6.45, 7) is 0. The maximum Gasteiger partial charge on any atom is 0.108 e. The van der Waals surface area contributed by atoms with Gasteiger partial charge in [-0.2, -0.15) is 0 Å². The van der Waals surface area contributed by atoms with Crippen molar-refractivity contribution >= 4 is 46.4 Å². The topological polar surface area (TPSA) is 0 Å². The Hall–Kier alpha value is 0.640. The molecule has 46 valence electrons. The van der Waals surface area contributed by atoms with E-state index in [9.17, 15) is 0 Å². The van der Waals surface area contributed by atoms with Crippen LogP contribution in [-0.2, 0) is 0 Å². The first-order chi connectivity index (χ1) is 3.66. The minimum absolute atomic E-state index is 0.0897. The summed E-state index contributed by atoms with van der Waals surface area (Å²) in [5.74, 6) is 0. The molecule has 0 aliphatic heterocycles. The summed E-state index contributed by atoms with van der Waals surface area (Å²) in [6, 6.07) is 0. The number of allylic oxidation sites excluding steroid dienone is 2. The van der Waals surface area contributed by atoms with E-state index in [4.69, 9.17) is 46.4 Å². The Morgan fingerprint density at radius 2 is 1.62 bits per heavy atom. The molecule has 4 heteroatoms. The molecule has 0 rings (SSSR count). The van der Waals surface area contributed by atoms with Crippen LogP contribution in [0.25, 0.3) is 0 Å². The molecule has 0 bridgehead atoms. The summed E-state index contributed by atoms with van der Waals surface area (Å²) >= 11 is 20.9. The lowest BCUT2D eigenvalue weighted by atomic mass is 10.6. The second-order valence-corrected chi connectivity index (χ2v) is 2.59. The van der Waals surface area contributed by atoms with Gasteiger partial charge in [0.05, 0.1) is 5.03 Å². The Kier molecular flexibility index (Phi) is 4.87. The van der Waals surface area contributed by atoms with E-state index in [0.29, 0.717) is 5.03 Å². The van der Waals surface area contributed by atoms with Crippen LogP contribution in [0.15, 0.2) is 21.1 Å². The van der Waals surface area contributed by atoms with Crippen LogP contribution in [0.1, 0.15) is 0 Å². The predicted octanol–water partition coefficient (Wildman–Crippen LogP) is 3.62. The highest BCUT2D eigenvalue weighted by Gasteiger charge is 1.85. The summed E-state index contributed by atoms with van der Waals surface area (Å²) in [5.41, 5.74) is 1.17. The molecule has 0 spiro atoms. The van der Waals surface area contributed by atoms with E-state index < -0.39 is 0 Å². The first-order valence-electron chi connectivity index (χ1n) is 1.65. The minimum atomic E-state index is 0.0897. The molecule has 0 nitrogen and oxygen atoms in total. The SMILES string of the molecule is ClC=C(Cl)C=C(Cl)Cl. The molecule has 0 aromatic carbocycles. The summed E-state index contributed by atoms with van der Waals surface area (Å²) in [5, 5.41) is 0.312. The van der Waals surface area contributed by atoms with Gasteiger partial charge in [-0.05, 0) is 6.08 Å². The minimum Gasteiger partial charge on any atom is -0.0913 e. The highest BCUT2D eigenvalue weighted by Crippen LogP contribution is 2.13. The monoisotopic (exact) mass is 190 g/mol. The lowest BCUT2D eigenvalue weighted by Crippen LogP contribution is -1.57. The molecule has 0 amide bonds. The highest BCUT2D eigenvalue weighted by atomic mass is 35.5. The number of halogens is 4. The zero-order valence-electron chi connectivity index (χ0n) is 3.67. The highest BCUT2D eigenvalue weighted by molar-refractivity contribution is 6.56. The van der Waals surface area contributed by atoms with Crippen molar-refractivity contribution in [2.75, 3.05) is 0 Å². The fraction of sp³-hybridized carbons (Fsp3) is 0. The van der Waals surface area contributed by atoms with E-state index in [1.165, 1.54) is 11.6 Å². The van der Waals surface area contributed by atoms with Gasteiger partial charge in [0.1, 0.15) is 4.49 Å². The third-order valence-corrected chi connectivity index (χ3v) is 1.13. The molecule has 0 radical (unpaired) electrons. The molecular formula is C4H2Cl4. The molecule has 0 heterocycles. The summed E-state index contributed by atoms with van der Waals surface area (Å²) in [6.07, 6.45) is 1.33. The van der Waals surface area contributed by atoms with E-state index in [0.717, 1.165) is 0 Å². The van der Waals surface area contributed by atoms with E-state index in [1.54, 1.807) is 0 Å². The molecular weight excluding hydrogens is 190 g/mol. The number of hydrogen-bond acceptors (Lipinski definition) is 0. The summed E-state index contributed by atoms with van der Waals surface area (Å²) in [7, 11) is 0. The van der Waals surface area contributed by atoms with Crippen LogP contribution >= 0.6 is 46.4 Å². The Labute approximate surface area is 67.7 Å². The normalized spacial score (nSPS) is 11.2. The van der Waals surface area contributed by atoms with E-state index in [1.807, 2.05) is 0 Å². The largest absolute Gasteiger partial charge is 0.108 e. The Balaban J connectivity index is 3.89. The average Bonchev–Trinajstić information content (AvgIpc) is 1.65. The van der Waals surface area contributed by atoms with Gasteiger partial charge in [0, 0.05) is 5.54 Å². The second kappa shape index (κ2) is 4.51. The van der Waals surface area contributed by atoms with Crippen molar-refractivity contribution in [3.05, 3.63) is 21.1 Å². The van der Waals surface area contributed by atoms with Gasteiger partial charge in [0.25, 0.3) is 0 Å². The van der Waals surface area contributed by atoms with Crippen LogP contribution in [0.5, 0.6) is 0 Å². The predicted molar refractivity (Wildman–Crippen MR) is 39.6 cm³/mol. The van der Waals surface area contributed by atoms with Crippen molar-refractivity contribution in [3.63, 3.8) is 0 Å². The maximum atomic E-state index is 5.34. The number of hydrogen-bond donors (Lipinski definition) is 0. The molecule has 0 aliphatic carbocycles. The molecule has 0 aliphatic rings. The molecule has 0 saturated carbocycles. The van der Waals surface area contributed by atoms with E-state index in [-0.39, 0.29) is 4.49 Å². The van der Waals surface area contributed by atoms with Crippen molar-refractivity contribution in [1.82, 2.24) is 0 Å². The molecule has 0 saturated heterocycles. The van der Waals surface area contributed by atoms with Gasteiger partial charge in [0.2, 0.25) is 0 Å². The van der Waals surface area contributed by atoms with E-state index in [2.05, 4.69) is 0 Å². The summed E-state index contributed by atoms with van der Waals surface area (Å²) in [4.78, 5) is 0. The van der Waals surface area contributed by atoms with Crippen LogP contribution in [0, 0.1) is 0 Å². The smallest absolute Gasteiger partial charge is 0.0913 e. The molecule has 0 atom stereocenters. The van der Waals surface area contributed by atoms with Crippen molar-refractivity contribution in [3.8, 4) is 0 Å². The van der Waals surface area contributed by atoms with Crippen molar-refractivity contribution in [1.29, 1.82) is 0 Å². The van der Waals surface area contributed by atoms with Crippen LogP contribution in [0.3, 0.4) is 0 Å². The second-order valence-electron chi connectivity index (χ2n) is 0.928. The van der Waals surface area contributed by atoms with Gasteiger partial charge < -0.3 is 0 Å². The molecule has 0 aromatic rings. The van der Waals surface area contributed by atoms with Crippen molar-refractivity contribution < 1.29 is 0 Å². The molecule has 0 aromatic heterocycles. The molecule has 0 N–H and O–H groups in total. The fourth-order valence-corrected chi connectivity index (χ4v) is 0.655. The summed E-state index contributed by atoms with van der Waals surface area (Å²) < 4.78 is 0.0897. The van der Waals surface area contributed by atoms with Gasteiger partial charge in [-0.1, -0.05) is 46.4 Å². The third-order valence-electron chi connectivity index (χ3n) is 0.351. The first kappa shape index (κ1) is 8.64. The average molecular weight is 192 g/mol. The Morgan fingerprint density at radius 3 is 1.75 bits per heavy atom. The van der Waals surface area contributed by atoms with Crippen LogP contribution < -0.4 is 0 Å². The first-order valence-corrected chi connectivity index (χ1v) is 3.22. The molecule has 8 heavy (non-hydrogen) atoms. The van der Waals surface area contributed by atoms with Gasteiger partial charge in [-0.15, -0.1) is 0 Å². The lowest BCUT2D eigenvalue weighted by molar-refractivity contribution is 1.95. The zero-order valence-corrected chi connectivity index (χ0v) is 6.69. The van der Waals surface area contributed by atoms with E-state index >= 15 is 0 Å². The van der Waals surface area contributed by atoms with Gasteiger partial charge >= 0.3 is 0 Å². The quantitative estimate of drug-likeness (QED) is 0.556. The Bertz CT molecular complexity index is 120. The van der Waals surface area contributed by atoms with Gasteiger partial charge in [-0.25, -0.2) is 0 Å². The lowest BCUT2D eigenvalue weighted by Gasteiger charge is -1.81. The van der Waals surface area contributed by atoms with Crippen LogP contribution in [-0.4, -0.2) is 0 Å². The molecule has 0 unspecified atom stereocenters. The van der Waals surface area contributed by atoms with Gasteiger partial charge in [0.15, 0.2) is 0 Å². The standard InChI is InChI=1S/C4H2Cl4/c5-2-3(6)1-4(7)8/h1-2H. The fourth-order valence-electron chi connectivity index (χ4n) is 0.136. The number of rotatable bonds is 1. The Morgan fingerprint density at radius 1 is 1.12 bits per heavy atom.